The molecule has 2 amide bonds. The van der Waals surface area contributed by atoms with Gasteiger partial charge in [0.05, 0.1) is 11.8 Å². The molecular formula is C29H35F3N4O2. The summed E-state index contributed by atoms with van der Waals surface area (Å²) in [5.41, 5.74) is 3.79. The molecule has 0 radical (unpaired) electrons. The number of halogens is 3. The minimum absolute atomic E-state index is 0.0658. The molecule has 0 spiro atoms. The highest BCUT2D eigenvalue weighted by molar-refractivity contribution is 5.89. The second kappa shape index (κ2) is 10.9. The molecular weight excluding hydrogens is 493 g/mol. The van der Waals surface area contributed by atoms with E-state index in [0.29, 0.717) is 39.1 Å². The number of nitrogens with zero attached hydrogens (tertiary/aromatic N) is 3. The van der Waals surface area contributed by atoms with Crippen molar-refractivity contribution < 1.29 is 22.8 Å². The molecule has 2 aliphatic heterocycles. The second-order valence-corrected chi connectivity index (χ2v) is 10.7. The number of nitrogens with one attached hydrogen (secondary N) is 1. The number of anilines is 3. The number of carbonyl (C=O) groups is 2. The fourth-order valence-corrected chi connectivity index (χ4v) is 5.53. The lowest BCUT2D eigenvalue weighted by Crippen LogP contribution is -2.38. The lowest BCUT2D eigenvalue weighted by atomic mass is 9.96. The van der Waals surface area contributed by atoms with Crippen LogP contribution in [0.4, 0.5) is 30.2 Å². The third kappa shape index (κ3) is 6.08. The number of piperidine rings is 1. The van der Waals surface area contributed by atoms with Gasteiger partial charge in [-0.2, -0.15) is 13.2 Å². The van der Waals surface area contributed by atoms with Crippen molar-refractivity contribution in [3.8, 4) is 0 Å². The smallest absolute Gasteiger partial charge is 0.372 e. The average molecular weight is 529 g/mol. The summed E-state index contributed by atoms with van der Waals surface area (Å²) in [7, 11) is 0. The Morgan fingerprint density at radius 2 is 1.58 bits per heavy atom. The van der Waals surface area contributed by atoms with E-state index in [0.717, 1.165) is 35.5 Å². The van der Waals surface area contributed by atoms with Gasteiger partial charge in [-0.15, -0.1) is 0 Å². The minimum atomic E-state index is -4.10. The van der Waals surface area contributed by atoms with Crippen molar-refractivity contribution in [3.63, 3.8) is 0 Å². The maximum absolute atomic E-state index is 13.2. The van der Waals surface area contributed by atoms with Gasteiger partial charge >= 0.3 is 6.18 Å². The molecule has 1 N–H and O–H groups in total. The Morgan fingerprint density at radius 1 is 0.974 bits per heavy atom. The van der Waals surface area contributed by atoms with E-state index < -0.39 is 12.1 Å². The summed E-state index contributed by atoms with van der Waals surface area (Å²) in [6.45, 7) is 4.46. The Labute approximate surface area is 221 Å². The number of likely N-dealkylation sites (tertiary alicyclic amines) is 1. The molecule has 0 aromatic heterocycles. The van der Waals surface area contributed by atoms with E-state index in [1.165, 1.54) is 0 Å². The third-order valence-electron chi connectivity index (χ3n) is 8.00. The van der Waals surface area contributed by atoms with E-state index in [4.69, 9.17) is 0 Å². The minimum Gasteiger partial charge on any atom is -0.372 e. The first-order valence-electron chi connectivity index (χ1n) is 13.6. The van der Waals surface area contributed by atoms with Crippen molar-refractivity contribution in [3.05, 3.63) is 54.1 Å². The van der Waals surface area contributed by atoms with Crippen LogP contribution in [0, 0.1) is 11.8 Å². The average Bonchev–Trinajstić information content (AvgIpc) is 3.68. The van der Waals surface area contributed by atoms with Crippen LogP contribution in [0.15, 0.2) is 48.5 Å². The summed E-state index contributed by atoms with van der Waals surface area (Å²) in [5, 5.41) is 3.37. The van der Waals surface area contributed by atoms with E-state index in [1.807, 2.05) is 65.3 Å². The van der Waals surface area contributed by atoms with Gasteiger partial charge < -0.3 is 20.0 Å². The van der Waals surface area contributed by atoms with Gasteiger partial charge in [0, 0.05) is 62.2 Å². The van der Waals surface area contributed by atoms with Crippen molar-refractivity contribution in [2.24, 2.45) is 11.8 Å². The highest BCUT2D eigenvalue weighted by atomic mass is 19.4. The zero-order valence-corrected chi connectivity index (χ0v) is 21.7. The number of hydrogen-bond acceptors (Lipinski definition) is 4. The largest absolute Gasteiger partial charge is 0.391 e. The normalized spacial score (nSPS) is 20.6. The van der Waals surface area contributed by atoms with Gasteiger partial charge in [0.1, 0.15) is 0 Å². The lowest BCUT2D eigenvalue weighted by Gasteiger charge is -2.34. The van der Waals surface area contributed by atoms with Crippen molar-refractivity contribution >= 4 is 28.9 Å². The van der Waals surface area contributed by atoms with Crippen molar-refractivity contribution in [1.82, 2.24) is 9.80 Å². The fraction of sp³-hybridized carbons (Fsp3) is 0.517. The molecule has 6 nitrogen and oxygen atoms in total. The molecule has 38 heavy (non-hydrogen) atoms. The van der Waals surface area contributed by atoms with Gasteiger partial charge in [-0.3, -0.25) is 9.59 Å². The number of carbonyl (C=O) groups excluding carboxylic acids is 2. The number of hydrogen-bond donors (Lipinski definition) is 1. The molecule has 204 valence electrons. The molecule has 3 aliphatic rings. The first-order chi connectivity index (χ1) is 18.2. The number of benzene rings is 2. The van der Waals surface area contributed by atoms with E-state index >= 15 is 0 Å². The lowest BCUT2D eigenvalue weighted by molar-refractivity contribution is -0.179. The van der Waals surface area contributed by atoms with E-state index in [9.17, 15) is 22.8 Å². The van der Waals surface area contributed by atoms with E-state index in [-0.39, 0.29) is 36.6 Å². The number of alkyl halides is 3. The predicted molar refractivity (Wildman–Crippen MR) is 141 cm³/mol. The molecule has 0 bridgehead atoms. The highest BCUT2D eigenvalue weighted by Crippen LogP contribution is 2.36. The van der Waals surface area contributed by atoms with Gasteiger partial charge in [-0.25, -0.2) is 0 Å². The van der Waals surface area contributed by atoms with Crippen molar-refractivity contribution in [2.75, 3.05) is 36.4 Å². The molecule has 1 atom stereocenters. The first kappa shape index (κ1) is 26.4. The molecule has 2 aromatic rings. The SMILES string of the molecule is CCN1CC(C(=O)N(Cc2ccc(Nc3ccc(N4CCC(C(F)(F)F)CC4)cc3)cc2)C2CC2)CC1=O. The van der Waals surface area contributed by atoms with Crippen molar-refractivity contribution in [1.29, 1.82) is 0 Å². The van der Waals surface area contributed by atoms with Gasteiger partial charge in [0.15, 0.2) is 0 Å². The topological polar surface area (TPSA) is 55.9 Å². The summed E-state index contributed by atoms with van der Waals surface area (Å²) in [6.07, 6.45) is -1.50. The summed E-state index contributed by atoms with van der Waals surface area (Å²) in [6, 6.07) is 16.0. The summed E-state index contributed by atoms with van der Waals surface area (Å²) >= 11 is 0. The standard InChI is InChI=1S/C29H35F3N4O2/c1-2-34-19-21(17-27(34)37)28(38)36(26-11-12-26)18-20-3-5-23(6-4-20)33-24-7-9-25(10-8-24)35-15-13-22(14-16-35)29(30,31)32/h3-10,21-22,26,33H,2,11-19H2,1H3. The predicted octanol–water partition coefficient (Wildman–Crippen LogP) is 5.57. The molecule has 1 aliphatic carbocycles. The van der Waals surface area contributed by atoms with Crippen LogP contribution in [-0.4, -0.2) is 60.0 Å². The molecule has 2 saturated heterocycles. The van der Waals surface area contributed by atoms with Crippen LogP contribution in [0.5, 0.6) is 0 Å². The Bertz CT molecular complexity index is 1120. The quantitative estimate of drug-likeness (QED) is 0.487. The highest BCUT2D eigenvalue weighted by Gasteiger charge is 2.42. The molecule has 5 rings (SSSR count). The molecule has 1 saturated carbocycles. The van der Waals surface area contributed by atoms with Crippen LogP contribution in [0.25, 0.3) is 0 Å². The summed E-state index contributed by atoms with van der Waals surface area (Å²) < 4.78 is 38.8. The maximum Gasteiger partial charge on any atom is 0.391 e. The Balaban J connectivity index is 1.15. The molecule has 2 aromatic carbocycles. The van der Waals surface area contributed by atoms with Crippen LogP contribution in [0.1, 0.15) is 44.6 Å². The van der Waals surface area contributed by atoms with Gasteiger partial charge in [0.25, 0.3) is 0 Å². The van der Waals surface area contributed by atoms with Crippen LogP contribution in [0.3, 0.4) is 0 Å². The molecule has 3 fully saturated rings. The number of amides is 2. The zero-order valence-electron chi connectivity index (χ0n) is 21.7. The van der Waals surface area contributed by atoms with Gasteiger partial charge in [-0.1, -0.05) is 12.1 Å². The van der Waals surface area contributed by atoms with Crippen molar-refractivity contribution in [2.45, 2.75) is 57.8 Å². The summed E-state index contributed by atoms with van der Waals surface area (Å²) in [4.78, 5) is 31.1. The maximum atomic E-state index is 13.2. The number of rotatable bonds is 8. The van der Waals surface area contributed by atoms with Crippen LogP contribution < -0.4 is 10.2 Å². The first-order valence-corrected chi connectivity index (χ1v) is 13.6. The monoisotopic (exact) mass is 528 g/mol. The van der Waals surface area contributed by atoms with Crippen LogP contribution >= 0.6 is 0 Å². The van der Waals surface area contributed by atoms with E-state index in [2.05, 4.69) is 5.32 Å². The second-order valence-electron chi connectivity index (χ2n) is 10.7. The Kier molecular flexibility index (Phi) is 7.54. The van der Waals surface area contributed by atoms with Crippen LogP contribution in [-0.2, 0) is 16.1 Å². The Morgan fingerprint density at radius 3 is 2.11 bits per heavy atom. The molecule has 1 unspecified atom stereocenters. The summed E-state index contributed by atoms with van der Waals surface area (Å²) in [5.74, 6) is -1.30. The fourth-order valence-electron chi connectivity index (χ4n) is 5.53. The van der Waals surface area contributed by atoms with Gasteiger partial charge in [0.2, 0.25) is 11.8 Å². The van der Waals surface area contributed by atoms with E-state index in [1.54, 1.807) is 4.90 Å². The molecule has 9 heteroatoms. The molecule has 2 heterocycles. The Hall–Kier alpha value is -3.23. The van der Waals surface area contributed by atoms with Crippen LogP contribution in [0.2, 0.25) is 0 Å². The third-order valence-corrected chi connectivity index (χ3v) is 8.00. The van der Waals surface area contributed by atoms with Gasteiger partial charge in [-0.05, 0) is 74.6 Å². The zero-order chi connectivity index (χ0) is 26.9.